The van der Waals surface area contributed by atoms with Crippen molar-refractivity contribution in [3.63, 3.8) is 0 Å². The Balaban J connectivity index is 1.80. The third-order valence-corrected chi connectivity index (χ3v) is 4.58. The molecule has 3 aromatic rings. The second-order valence-corrected chi connectivity index (χ2v) is 6.67. The van der Waals surface area contributed by atoms with Gasteiger partial charge in [0, 0.05) is 18.8 Å². The summed E-state index contributed by atoms with van der Waals surface area (Å²) in [7, 11) is 0. The molecule has 7 heteroatoms. The van der Waals surface area contributed by atoms with Crippen molar-refractivity contribution >= 4 is 28.7 Å². The number of aryl methyl sites for hydroxylation is 1. The molecule has 2 heterocycles. The van der Waals surface area contributed by atoms with E-state index in [1.54, 1.807) is 24.2 Å². The summed E-state index contributed by atoms with van der Waals surface area (Å²) in [5, 5.41) is 3.06. The number of hydrogen-bond donors (Lipinski definition) is 2. The number of H-pyrrole nitrogens is 1. The minimum atomic E-state index is -0.186. The van der Waals surface area contributed by atoms with Crippen LogP contribution in [0.2, 0.25) is 0 Å². The van der Waals surface area contributed by atoms with Crippen molar-refractivity contribution in [3.8, 4) is 0 Å². The lowest BCUT2D eigenvalue weighted by Crippen LogP contribution is -2.30. The average Bonchev–Trinajstić information content (AvgIpc) is 3.09. The van der Waals surface area contributed by atoms with E-state index in [0.29, 0.717) is 5.56 Å². The highest BCUT2D eigenvalue weighted by atomic mass is 32.2. The van der Waals surface area contributed by atoms with Crippen LogP contribution in [0.15, 0.2) is 36.7 Å². The third kappa shape index (κ3) is 4.17. The number of nitrogens with one attached hydrogen (secondary N) is 2. The van der Waals surface area contributed by atoms with E-state index < -0.39 is 0 Å². The number of aromatic amines is 1. The van der Waals surface area contributed by atoms with E-state index in [4.69, 9.17) is 0 Å². The van der Waals surface area contributed by atoms with Gasteiger partial charge in [0.1, 0.15) is 11.6 Å². The van der Waals surface area contributed by atoms with Gasteiger partial charge in [0.15, 0.2) is 0 Å². The van der Waals surface area contributed by atoms with Crippen LogP contribution < -0.4 is 5.32 Å². The van der Waals surface area contributed by atoms with Gasteiger partial charge in [-0.25, -0.2) is 15.0 Å². The summed E-state index contributed by atoms with van der Waals surface area (Å²) in [6.45, 7) is 1.98. The van der Waals surface area contributed by atoms with Crippen LogP contribution in [0.4, 0.5) is 0 Å². The molecule has 0 fully saturated rings. The molecule has 2 N–H and O–H groups in total. The molecule has 0 spiro atoms. The van der Waals surface area contributed by atoms with Crippen LogP contribution >= 0.6 is 11.8 Å². The van der Waals surface area contributed by atoms with Crippen LogP contribution in [0.1, 0.15) is 41.4 Å². The molecular formula is C18H21N5OS. The topological polar surface area (TPSA) is 83.6 Å². The molecule has 25 heavy (non-hydrogen) atoms. The van der Waals surface area contributed by atoms with Gasteiger partial charge in [-0.15, -0.1) is 0 Å². The number of nitrogens with zero attached hydrogens (tertiary/aromatic N) is 3. The number of benzene rings is 1. The van der Waals surface area contributed by atoms with Crippen molar-refractivity contribution in [2.75, 3.05) is 12.0 Å². The summed E-state index contributed by atoms with van der Waals surface area (Å²) < 4.78 is 0. The first-order chi connectivity index (χ1) is 12.2. The minimum absolute atomic E-state index is 0.182. The SMILES string of the molecule is CCc1ncc(C(=O)N[C@@H](CCSC)c2nc3ccccc3[nH]2)cn1. The zero-order valence-electron chi connectivity index (χ0n) is 14.3. The maximum atomic E-state index is 12.6. The minimum Gasteiger partial charge on any atom is -0.342 e. The Bertz CT molecular complexity index is 813. The highest BCUT2D eigenvalue weighted by Gasteiger charge is 2.19. The van der Waals surface area contributed by atoms with E-state index in [1.807, 2.05) is 31.2 Å². The van der Waals surface area contributed by atoms with E-state index >= 15 is 0 Å². The molecule has 0 radical (unpaired) electrons. The van der Waals surface area contributed by atoms with Gasteiger partial charge < -0.3 is 10.3 Å². The lowest BCUT2D eigenvalue weighted by atomic mass is 10.2. The molecule has 0 unspecified atom stereocenters. The molecule has 1 aromatic carbocycles. The highest BCUT2D eigenvalue weighted by Crippen LogP contribution is 2.20. The summed E-state index contributed by atoms with van der Waals surface area (Å²) in [6, 6.07) is 7.68. The molecule has 0 aliphatic rings. The Kier molecular flexibility index (Phi) is 5.65. The zero-order valence-corrected chi connectivity index (χ0v) is 15.1. The number of carbonyl (C=O) groups is 1. The van der Waals surface area contributed by atoms with Gasteiger partial charge in [0.05, 0.1) is 22.6 Å². The predicted octanol–water partition coefficient (Wildman–Crippen LogP) is 3.14. The molecule has 0 aliphatic carbocycles. The van der Waals surface area contributed by atoms with Crippen LogP contribution in [-0.4, -0.2) is 37.9 Å². The fourth-order valence-electron chi connectivity index (χ4n) is 2.55. The standard InChI is InChI=1S/C18H21N5OS/c1-3-16-19-10-12(11-20-16)18(24)23-15(8-9-25-2)17-21-13-6-4-5-7-14(13)22-17/h4-7,10-11,15H,3,8-9H2,1-2H3,(H,21,22)(H,23,24)/t15-/m0/s1. The van der Waals surface area contributed by atoms with Crippen LogP contribution in [0.3, 0.4) is 0 Å². The number of imidazole rings is 1. The maximum absolute atomic E-state index is 12.6. The van der Waals surface area contributed by atoms with Crippen molar-refractivity contribution in [2.24, 2.45) is 0 Å². The smallest absolute Gasteiger partial charge is 0.255 e. The lowest BCUT2D eigenvalue weighted by molar-refractivity contribution is 0.0933. The monoisotopic (exact) mass is 355 g/mol. The summed E-state index contributed by atoms with van der Waals surface area (Å²) in [6.07, 6.45) is 6.74. The van der Waals surface area contributed by atoms with E-state index in [9.17, 15) is 4.79 Å². The van der Waals surface area contributed by atoms with Crippen molar-refractivity contribution in [1.82, 2.24) is 25.3 Å². The van der Waals surface area contributed by atoms with Gasteiger partial charge in [-0.05, 0) is 30.6 Å². The normalized spacial score (nSPS) is 12.2. The first kappa shape index (κ1) is 17.4. The van der Waals surface area contributed by atoms with Crippen molar-refractivity contribution in [1.29, 1.82) is 0 Å². The van der Waals surface area contributed by atoms with Crippen LogP contribution in [0.5, 0.6) is 0 Å². The Hall–Kier alpha value is -2.41. The molecule has 1 atom stereocenters. The largest absolute Gasteiger partial charge is 0.342 e. The number of carbonyl (C=O) groups excluding carboxylic acids is 1. The predicted molar refractivity (Wildman–Crippen MR) is 101 cm³/mol. The molecule has 130 valence electrons. The Morgan fingerprint density at radius 2 is 2.04 bits per heavy atom. The van der Waals surface area contributed by atoms with Crippen molar-refractivity contribution in [2.45, 2.75) is 25.8 Å². The van der Waals surface area contributed by atoms with Gasteiger partial charge in [-0.2, -0.15) is 11.8 Å². The van der Waals surface area contributed by atoms with Crippen molar-refractivity contribution in [3.05, 3.63) is 53.9 Å². The number of para-hydroxylation sites is 2. The van der Waals surface area contributed by atoms with E-state index in [-0.39, 0.29) is 11.9 Å². The van der Waals surface area contributed by atoms with E-state index in [2.05, 4.69) is 31.5 Å². The van der Waals surface area contributed by atoms with Gasteiger partial charge in [0.2, 0.25) is 0 Å². The maximum Gasteiger partial charge on any atom is 0.255 e. The zero-order chi connectivity index (χ0) is 17.6. The quantitative estimate of drug-likeness (QED) is 0.680. The lowest BCUT2D eigenvalue weighted by Gasteiger charge is -2.16. The Labute approximate surface area is 150 Å². The molecule has 3 rings (SSSR count). The van der Waals surface area contributed by atoms with Gasteiger partial charge in [-0.3, -0.25) is 4.79 Å². The third-order valence-electron chi connectivity index (χ3n) is 3.94. The number of rotatable bonds is 7. The second-order valence-electron chi connectivity index (χ2n) is 5.69. The Morgan fingerprint density at radius 1 is 1.28 bits per heavy atom. The molecule has 1 amide bonds. The van der Waals surface area contributed by atoms with Crippen LogP contribution in [0.25, 0.3) is 11.0 Å². The molecule has 6 nitrogen and oxygen atoms in total. The molecule has 0 saturated heterocycles. The number of fused-ring (bicyclic) bond motifs is 1. The van der Waals surface area contributed by atoms with Crippen LogP contribution in [-0.2, 0) is 6.42 Å². The first-order valence-electron chi connectivity index (χ1n) is 8.26. The second kappa shape index (κ2) is 8.11. The van der Waals surface area contributed by atoms with E-state index in [0.717, 1.165) is 41.3 Å². The Morgan fingerprint density at radius 3 is 2.72 bits per heavy atom. The number of aromatic nitrogens is 4. The average molecular weight is 355 g/mol. The number of thioether (sulfide) groups is 1. The fourth-order valence-corrected chi connectivity index (χ4v) is 3.02. The first-order valence-corrected chi connectivity index (χ1v) is 9.66. The summed E-state index contributed by atoms with van der Waals surface area (Å²) >= 11 is 1.74. The molecule has 0 aliphatic heterocycles. The van der Waals surface area contributed by atoms with Gasteiger partial charge in [0.25, 0.3) is 5.91 Å². The summed E-state index contributed by atoms with van der Waals surface area (Å²) in [4.78, 5) is 28.9. The highest BCUT2D eigenvalue weighted by molar-refractivity contribution is 7.98. The molecule has 0 bridgehead atoms. The number of amides is 1. The molecule has 2 aromatic heterocycles. The summed E-state index contributed by atoms with van der Waals surface area (Å²) in [5.74, 6) is 2.24. The molecular weight excluding hydrogens is 334 g/mol. The number of hydrogen-bond acceptors (Lipinski definition) is 5. The van der Waals surface area contributed by atoms with E-state index in [1.165, 1.54) is 0 Å². The molecule has 0 saturated carbocycles. The van der Waals surface area contributed by atoms with Crippen LogP contribution in [0, 0.1) is 0 Å². The van der Waals surface area contributed by atoms with Gasteiger partial charge in [-0.1, -0.05) is 19.1 Å². The fraction of sp³-hybridized carbons (Fsp3) is 0.333. The van der Waals surface area contributed by atoms with Gasteiger partial charge >= 0.3 is 0 Å². The summed E-state index contributed by atoms with van der Waals surface area (Å²) in [5.41, 5.74) is 2.33. The van der Waals surface area contributed by atoms with Crippen molar-refractivity contribution < 1.29 is 4.79 Å².